The van der Waals surface area contributed by atoms with Crippen LogP contribution in [0.5, 0.6) is 0 Å². The van der Waals surface area contributed by atoms with E-state index in [0.29, 0.717) is 11.3 Å². The van der Waals surface area contributed by atoms with Crippen molar-refractivity contribution in [3.63, 3.8) is 0 Å². The number of hydrogen-bond acceptors (Lipinski definition) is 5. The highest BCUT2D eigenvalue weighted by molar-refractivity contribution is 7.17. The third kappa shape index (κ3) is 2.09. The van der Waals surface area contributed by atoms with Gasteiger partial charge in [-0.15, -0.1) is 11.3 Å². The van der Waals surface area contributed by atoms with Crippen LogP contribution in [0.2, 0.25) is 0 Å². The van der Waals surface area contributed by atoms with Gasteiger partial charge in [0.25, 0.3) is 5.91 Å². The minimum absolute atomic E-state index is 0.145. The molecule has 1 amide bonds. The molecule has 2 saturated heterocycles. The van der Waals surface area contributed by atoms with Gasteiger partial charge in [-0.05, 0) is 24.8 Å². The molecule has 2 bridgehead atoms. The first-order valence-corrected chi connectivity index (χ1v) is 7.95. The lowest BCUT2D eigenvalue weighted by Crippen LogP contribution is -2.45. The molecule has 3 atom stereocenters. The van der Waals surface area contributed by atoms with Gasteiger partial charge in [-0.25, -0.2) is 4.98 Å². The van der Waals surface area contributed by atoms with E-state index >= 15 is 0 Å². The molecule has 0 aliphatic carbocycles. The monoisotopic (exact) mass is 298 g/mol. The zero-order valence-corrected chi connectivity index (χ0v) is 12.2. The quantitative estimate of drug-likeness (QED) is 0.920. The van der Waals surface area contributed by atoms with Gasteiger partial charge in [-0.2, -0.15) is 5.26 Å². The number of carbonyl (C=O) groups is 1. The molecule has 2 aliphatic heterocycles. The Morgan fingerprint density at radius 1 is 1.57 bits per heavy atom. The fraction of sp³-hybridized carbons (Fsp3) is 0.400. The molecule has 6 heteroatoms. The Labute approximate surface area is 126 Å². The van der Waals surface area contributed by atoms with Crippen LogP contribution < -0.4 is 5.32 Å². The maximum atomic E-state index is 12.4. The van der Waals surface area contributed by atoms with E-state index in [1.807, 2.05) is 0 Å². The highest BCUT2D eigenvalue weighted by Gasteiger charge is 2.38. The van der Waals surface area contributed by atoms with Gasteiger partial charge in [-0.3, -0.25) is 9.69 Å². The number of piperidine rings is 1. The van der Waals surface area contributed by atoms with Gasteiger partial charge in [0.15, 0.2) is 0 Å². The Morgan fingerprint density at radius 2 is 2.48 bits per heavy atom. The van der Waals surface area contributed by atoms with Crippen molar-refractivity contribution in [2.75, 3.05) is 13.1 Å². The van der Waals surface area contributed by atoms with Gasteiger partial charge in [0.1, 0.15) is 11.8 Å². The largest absolute Gasteiger partial charge is 0.335 e. The molecule has 0 saturated carbocycles. The molecule has 2 aromatic rings. The van der Waals surface area contributed by atoms with E-state index < -0.39 is 0 Å². The number of pyridine rings is 1. The summed E-state index contributed by atoms with van der Waals surface area (Å²) in [5.41, 5.74) is 0.997. The van der Waals surface area contributed by atoms with Crippen LogP contribution in [0.25, 0.3) is 10.1 Å². The highest BCUT2D eigenvalue weighted by Crippen LogP contribution is 2.31. The van der Waals surface area contributed by atoms with Crippen molar-refractivity contribution < 1.29 is 4.79 Å². The van der Waals surface area contributed by atoms with Gasteiger partial charge >= 0.3 is 0 Å². The number of nitrogens with zero attached hydrogens (tertiary/aromatic N) is 3. The molecule has 4 heterocycles. The van der Waals surface area contributed by atoms with Crippen molar-refractivity contribution in [2.45, 2.75) is 19.0 Å². The van der Waals surface area contributed by atoms with Crippen molar-refractivity contribution in [3.05, 3.63) is 28.9 Å². The predicted molar refractivity (Wildman–Crippen MR) is 79.9 cm³/mol. The lowest BCUT2D eigenvalue weighted by Gasteiger charge is -2.25. The third-order valence-electron chi connectivity index (χ3n) is 4.43. The van der Waals surface area contributed by atoms with Gasteiger partial charge < -0.3 is 5.32 Å². The summed E-state index contributed by atoms with van der Waals surface area (Å²) in [4.78, 5) is 18.9. The summed E-state index contributed by atoms with van der Waals surface area (Å²) >= 11 is 1.48. The van der Waals surface area contributed by atoms with Crippen molar-refractivity contribution in [2.24, 2.45) is 5.92 Å². The zero-order chi connectivity index (χ0) is 14.4. The predicted octanol–water partition coefficient (Wildman–Crippen LogP) is 1.95. The van der Waals surface area contributed by atoms with Crippen LogP contribution in [0.3, 0.4) is 0 Å². The van der Waals surface area contributed by atoms with Crippen molar-refractivity contribution in [1.82, 2.24) is 15.2 Å². The second-order valence-electron chi connectivity index (χ2n) is 5.70. The Balaban J connectivity index is 1.58. The minimum atomic E-state index is -0.149. The van der Waals surface area contributed by atoms with Crippen LogP contribution in [0.1, 0.15) is 28.9 Å². The summed E-state index contributed by atoms with van der Waals surface area (Å²) in [6.07, 6.45) is 4.11. The molecule has 0 spiro atoms. The normalized spacial score (nSPS) is 26.9. The molecule has 1 N–H and O–H groups in total. The molecular formula is C15H14N4OS. The SMILES string of the molecule is N#Cc1csc2cnc(C(=O)NC3CC4CCN3C4)cc12. The summed E-state index contributed by atoms with van der Waals surface area (Å²) in [6.45, 7) is 2.17. The fourth-order valence-electron chi connectivity index (χ4n) is 3.32. The number of fused-ring (bicyclic) bond motifs is 3. The molecule has 4 rings (SSSR count). The van der Waals surface area contributed by atoms with E-state index in [9.17, 15) is 4.79 Å². The van der Waals surface area contributed by atoms with Gasteiger partial charge in [-0.1, -0.05) is 0 Å². The molecule has 0 aromatic carbocycles. The topological polar surface area (TPSA) is 69.0 Å². The molecule has 106 valence electrons. The van der Waals surface area contributed by atoms with Crippen LogP contribution in [-0.2, 0) is 0 Å². The highest BCUT2D eigenvalue weighted by atomic mass is 32.1. The molecule has 5 nitrogen and oxygen atoms in total. The van der Waals surface area contributed by atoms with Crippen LogP contribution in [0.15, 0.2) is 17.6 Å². The second-order valence-corrected chi connectivity index (χ2v) is 6.61. The number of thiophene rings is 1. The average molecular weight is 298 g/mol. The number of aromatic nitrogens is 1. The molecule has 3 unspecified atom stereocenters. The van der Waals surface area contributed by atoms with Crippen LogP contribution in [-0.4, -0.2) is 35.0 Å². The average Bonchev–Trinajstić information content (AvgIpc) is 3.21. The lowest BCUT2D eigenvalue weighted by molar-refractivity contribution is 0.0878. The number of nitriles is 1. The maximum Gasteiger partial charge on any atom is 0.271 e. The summed E-state index contributed by atoms with van der Waals surface area (Å²) in [5, 5.41) is 14.8. The van der Waals surface area contributed by atoms with Crippen molar-refractivity contribution in [3.8, 4) is 6.07 Å². The Bertz CT molecular complexity index is 763. The van der Waals surface area contributed by atoms with Crippen LogP contribution in [0, 0.1) is 17.2 Å². The first-order valence-electron chi connectivity index (χ1n) is 7.07. The molecule has 2 fully saturated rings. The van der Waals surface area contributed by atoms with Crippen molar-refractivity contribution in [1.29, 1.82) is 5.26 Å². The van der Waals surface area contributed by atoms with E-state index in [1.54, 1.807) is 17.6 Å². The van der Waals surface area contributed by atoms with Gasteiger partial charge in [0, 0.05) is 30.1 Å². The number of amides is 1. The zero-order valence-electron chi connectivity index (χ0n) is 11.4. The number of nitrogens with one attached hydrogen (secondary N) is 1. The fourth-order valence-corrected chi connectivity index (χ4v) is 4.16. The summed E-state index contributed by atoms with van der Waals surface area (Å²) in [6, 6.07) is 3.88. The van der Waals surface area contributed by atoms with Crippen LogP contribution in [0.4, 0.5) is 0 Å². The van der Waals surface area contributed by atoms with Gasteiger partial charge in [0.05, 0.1) is 16.4 Å². The number of rotatable bonds is 2. The summed E-state index contributed by atoms with van der Waals surface area (Å²) in [7, 11) is 0. The molecule has 0 radical (unpaired) electrons. The van der Waals surface area contributed by atoms with E-state index in [4.69, 9.17) is 5.26 Å². The van der Waals surface area contributed by atoms with Crippen molar-refractivity contribution >= 4 is 27.3 Å². The number of carbonyl (C=O) groups excluding carboxylic acids is 1. The second kappa shape index (κ2) is 4.79. The summed E-state index contributed by atoms with van der Waals surface area (Å²) < 4.78 is 0.937. The molecule has 2 aromatic heterocycles. The Hall–Kier alpha value is -1.97. The smallest absolute Gasteiger partial charge is 0.271 e. The Morgan fingerprint density at radius 3 is 3.19 bits per heavy atom. The maximum absolute atomic E-state index is 12.4. The third-order valence-corrected chi connectivity index (χ3v) is 5.36. The molecule has 21 heavy (non-hydrogen) atoms. The van der Waals surface area contributed by atoms with E-state index in [2.05, 4.69) is 21.3 Å². The van der Waals surface area contributed by atoms with Crippen LogP contribution >= 0.6 is 11.3 Å². The Kier molecular flexibility index (Phi) is 2.91. The van der Waals surface area contributed by atoms with Gasteiger partial charge in [0.2, 0.25) is 0 Å². The van der Waals surface area contributed by atoms with E-state index in [0.717, 1.165) is 35.5 Å². The standard InChI is InChI=1S/C15H14N4OS/c16-5-10-8-21-13-6-17-12(4-11(10)13)15(20)18-14-3-9-1-2-19(14)7-9/h4,6,8-9,14H,1-3,7H2,(H,18,20). The summed E-state index contributed by atoms with van der Waals surface area (Å²) in [5.74, 6) is 0.581. The molecular weight excluding hydrogens is 284 g/mol. The minimum Gasteiger partial charge on any atom is -0.335 e. The van der Waals surface area contributed by atoms with E-state index in [1.165, 1.54) is 17.8 Å². The van der Waals surface area contributed by atoms with E-state index in [-0.39, 0.29) is 12.1 Å². The number of hydrogen-bond donors (Lipinski definition) is 1. The first-order chi connectivity index (χ1) is 10.2. The molecule has 2 aliphatic rings. The first kappa shape index (κ1) is 12.7. The lowest BCUT2D eigenvalue weighted by atomic mass is 10.0.